The molecule has 4 heteroatoms. The van der Waals surface area contributed by atoms with Crippen LogP contribution >= 0.6 is 0 Å². The van der Waals surface area contributed by atoms with E-state index < -0.39 is 0 Å². The third kappa shape index (κ3) is 0.920. The zero-order chi connectivity index (χ0) is 7.68. The first-order valence-corrected chi connectivity index (χ1v) is 3.25. The fraction of sp³-hybridized carbons (Fsp3) is 0.143. The minimum Gasteiger partial charge on any atom is -0.460 e. The van der Waals surface area contributed by atoms with Crippen molar-refractivity contribution >= 4 is 6.20 Å². The number of nitrogens with zero attached hydrogens (tertiary/aromatic N) is 2. The van der Waals surface area contributed by atoms with Gasteiger partial charge in [-0.3, -0.25) is 4.79 Å². The Kier molecular flexibility index (Phi) is 1.25. The van der Waals surface area contributed by atoms with E-state index in [1.807, 2.05) is 0 Å². The summed E-state index contributed by atoms with van der Waals surface area (Å²) in [6.45, 7) is 0.483. The van der Waals surface area contributed by atoms with Gasteiger partial charge < -0.3 is 4.74 Å². The van der Waals surface area contributed by atoms with Crippen LogP contribution in [0.1, 0.15) is 0 Å². The number of aromatic nitrogens is 2. The van der Waals surface area contributed by atoms with Crippen molar-refractivity contribution < 1.29 is 4.74 Å². The van der Waals surface area contributed by atoms with Crippen LogP contribution < -0.4 is 10.3 Å². The molecule has 0 fully saturated rings. The van der Waals surface area contributed by atoms with Crippen LogP contribution in [0.4, 0.5) is 0 Å². The van der Waals surface area contributed by atoms with Crippen molar-refractivity contribution in [2.24, 2.45) is 0 Å². The highest BCUT2D eigenvalue weighted by molar-refractivity contribution is 5.29. The molecule has 1 aromatic rings. The van der Waals surface area contributed by atoms with Gasteiger partial charge in [-0.25, -0.2) is 9.55 Å². The van der Waals surface area contributed by atoms with E-state index in [4.69, 9.17) is 4.74 Å². The Labute approximate surface area is 62.8 Å². The molecule has 2 rings (SSSR count). The van der Waals surface area contributed by atoms with Gasteiger partial charge in [-0.2, -0.15) is 0 Å². The molecular formula is C7H6N2O2. The van der Waals surface area contributed by atoms with Crippen molar-refractivity contribution in [1.29, 1.82) is 0 Å². The summed E-state index contributed by atoms with van der Waals surface area (Å²) >= 11 is 0. The van der Waals surface area contributed by atoms with Gasteiger partial charge in [0.15, 0.2) is 0 Å². The predicted molar refractivity (Wildman–Crippen MR) is 39.3 cm³/mol. The van der Waals surface area contributed by atoms with Gasteiger partial charge in [0.05, 0.1) is 0 Å². The maximum Gasteiger partial charge on any atom is 0.303 e. The maximum absolute atomic E-state index is 11.1. The first kappa shape index (κ1) is 6.15. The lowest BCUT2D eigenvalue weighted by molar-refractivity contribution is 0.315. The molecule has 56 valence electrons. The summed E-state index contributed by atoms with van der Waals surface area (Å²) in [5.74, 6) is 0. The predicted octanol–water partition coefficient (Wildman–Crippen LogP) is 0.106. The van der Waals surface area contributed by atoms with Crippen LogP contribution in [-0.4, -0.2) is 16.2 Å². The standard InChI is InChI=1S/C7H6N2O2/c10-6-2-3-8-7-9(6)4-1-5-11-7/h1-4H,5H2. The molecule has 0 amide bonds. The number of hydrogen-bond donors (Lipinski definition) is 0. The second kappa shape index (κ2) is 2.23. The summed E-state index contributed by atoms with van der Waals surface area (Å²) in [7, 11) is 0. The smallest absolute Gasteiger partial charge is 0.303 e. The van der Waals surface area contributed by atoms with Crippen LogP contribution in [-0.2, 0) is 0 Å². The Hall–Kier alpha value is -1.58. The molecular weight excluding hydrogens is 144 g/mol. The Bertz CT molecular complexity index is 354. The summed E-state index contributed by atoms with van der Waals surface area (Å²) in [6.07, 6.45) is 4.86. The number of hydrogen-bond acceptors (Lipinski definition) is 3. The van der Waals surface area contributed by atoms with Gasteiger partial charge in [-0.05, 0) is 6.08 Å². The molecule has 4 nitrogen and oxygen atoms in total. The van der Waals surface area contributed by atoms with E-state index in [-0.39, 0.29) is 5.56 Å². The topological polar surface area (TPSA) is 44.1 Å². The maximum atomic E-state index is 11.1. The van der Waals surface area contributed by atoms with Gasteiger partial charge in [0, 0.05) is 18.5 Å². The lowest BCUT2D eigenvalue weighted by Gasteiger charge is -2.10. The first-order chi connectivity index (χ1) is 5.38. The molecule has 1 aliphatic rings. The largest absolute Gasteiger partial charge is 0.460 e. The fourth-order valence-electron chi connectivity index (χ4n) is 0.917. The zero-order valence-corrected chi connectivity index (χ0v) is 5.73. The number of fused-ring (bicyclic) bond motifs is 1. The van der Waals surface area contributed by atoms with Crippen LogP contribution in [0.25, 0.3) is 6.20 Å². The molecule has 11 heavy (non-hydrogen) atoms. The average Bonchev–Trinajstić information content (AvgIpc) is 2.06. The van der Waals surface area contributed by atoms with Crippen molar-refractivity contribution in [3.8, 4) is 6.01 Å². The normalized spacial score (nSPS) is 13.8. The second-order valence-corrected chi connectivity index (χ2v) is 2.13. The van der Waals surface area contributed by atoms with E-state index in [0.29, 0.717) is 12.6 Å². The van der Waals surface area contributed by atoms with Gasteiger partial charge in [-0.1, -0.05) is 0 Å². The summed E-state index contributed by atoms with van der Waals surface area (Å²) in [5, 5.41) is 0. The number of ether oxygens (including phenoxy) is 1. The Balaban J connectivity index is 2.70. The average molecular weight is 150 g/mol. The van der Waals surface area contributed by atoms with Crippen LogP contribution in [0.5, 0.6) is 6.01 Å². The van der Waals surface area contributed by atoms with E-state index >= 15 is 0 Å². The highest BCUT2D eigenvalue weighted by Crippen LogP contribution is 2.06. The van der Waals surface area contributed by atoms with Gasteiger partial charge in [0.25, 0.3) is 5.56 Å². The Morgan fingerprint density at radius 1 is 1.64 bits per heavy atom. The monoisotopic (exact) mass is 150 g/mol. The van der Waals surface area contributed by atoms with Crippen LogP contribution in [0.15, 0.2) is 23.1 Å². The molecule has 0 bridgehead atoms. The van der Waals surface area contributed by atoms with Crippen molar-refractivity contribution in [2.75, 3.05) is 6.61 Å². The minimum atomic E-state index is -0.119. The Morgan fingerprint density at radius 2 is 2.55 bits per heavy atom. The zero-order valence-electron chi connectivity index (χ0n) is 5.73. The van der Waals surface area contributed by atoms with Gasteiger partial charge >= 0.3 is 6.01 Å². The molecule has 0 unspecified atom stereocenters. The van der Waals surface area contributed by atoms with E-state index in [9.17, 15) is 4.79 Å². The molecule has 2 heterocycles. The lowest BCUT2D eigenvalue weighted by atomic mass is 10.5. The summed E-state index contributed by atoms with van der Waals surface area (Å²) < 4.78 is 6.43. The molecule has 0 N–H and O–H groups in total. The summed E-state index contributed by atoms with van der Waals surface area (Å²) in [6, 6.07) is 1.75. The van der Waals surface area contributed by atoms with Crippen LogP contribution in [0, 0.1) is 0 Å². The molecule has 0 saturated carbocycles. The molecule has 0 spiro atoms. The highest BCUT2D eigenvalue weighted by Gasteiger charge is 2.05. The molecule has 1 aromatic heterocycles. The van der Waals surface area contributed by atoms with Crippen molar-refractivity contribution in [3.63, 3.8) is 0 Å². The molecule has 0 saturated heterocycles. The molecule has 0 atom stereocenters. The minimum absolute atomic E-state index is 0.119. The van der Waals surface area contributed by atoms with Gasteiger partial charge in [0.2, 0.25) is 0 Å². The summed E-state index contributed by atoms with van der Waals surface area (Å²) in [5.41, 5.74) is -0.119. The molecule has 0 radical (unpaired) electrons. The SMILES string of the molecule is O=c1ccnc2n1C=CCO2. The molecule has 0 aliphatic carbocycles. The van der Waals surface area contributed by atoms with Gasteiger partial charge in [-0.15, -0.1) is 0 Å². The first-order valence-electron chi connectivity index (χ1n) is 3.25. The highest BCUT2D eigenvalue weighted by atomic mass is 16.5. The fourth-order valence-corrected chi connectivity index (χ4v) is 0.917. The van der Waals surface area contributed by atoms with Crippen LogP contribution in [0.2, 0.25) is 0 Å². The Morgan fingerprint density at radius 3 is 3.36 bits per heavy atom. The summed E-state index contributed by atoms with van der Waals surface area (Å²) in [4.78, 5) is 14.9. The third-order valence-electron chi connectivity index (χ3n) is 1.41. The van der Waals surface area contributed by atoms with E-state index in [0.717, 1.165) is 0 Å². The third-order valence-corrected chi connectivity index (χ3v) is 1.41. The number of rotatable bonds is 0. The lowest BCUT2D eigenvalue weighted by Crippen LogP contribution is -2.20. The molecule has 0 aromatic carbocycles. The quantitative estimate of drug-likeness (QED) is 0.527. The van der Waals surface area contributed by atoms with E-state index in [2.05, 4.69) is 4.98 Å². The molecule has 1 aliphatic heterocycles. The van der Waals surface area contributed by atoms with Crippen LogP contribution in [0.3, 0.4) is 0 Å². The van der Waals surface area contributed by atoms with Gasteiger partial charge in [0.1, 0.15) is 6.61 Å². The van der Waals surface area contributed by atoms with Crippen molar-refractivity contribution in [3.05, 3.63) is 28.7 Å². The van der Waals surface area contributed by atoms with E-state index in [1.165, 1.54) is 16.8 Å². The second-order valence-electron chi connectivity index (χ2n) is 2.13. The van der Waals surface area contributed by atoms with E-state index in [1.54, 1.807) is 12.3 Å². The van der Waals surface area contributed by atoms with Crippen molar-refractivity contribution in [2.45, 2.75) is 0 Å². The van der Waals surface area contributed by atoms with Crippen molar-refractivity contribution in [1.82, 2.24) is 9.55 Å².